The number of carbonyl (C=O) groups is 2. The van der Waals surface area contributed by atoms with Crippen LogP contribution in [0.4, 0.5) is 0 Å². The van der Waals surface area contributed by atoms with Crippen molar-refractivity contribution in [1.82, 2.24) is 10.2 Å². The van der Waals surface area contributed by atoms with E-state index in [4.69, 9.17) is 0 Å². The minimum Gasteiger partial charge on any atom is -0.353 e. The Morgan fingerprint density at radius 1 is 1.60 bits per heavy atom. The van der Waals surface area contributed by atoms with Crippen LogP contribution in [0.25, 0.3) is 0 Å². The second-order valence-electron chi connectivity index (χ2n) is 4.76. The van der Waals surface area contributed by atoms with E-state index in [9.17, 15) is 9.59 Å². The monoisotopic (exact) mass is 212 g/mol. The first-order chi connectivity index (χ1) is 6.85. The molecule has 0 bridgehead atoms. The highest BCUT2D eigenvalue weighted by molar-refractivity contribution is 5.86. The summed E-state index contributed by atoms with van der Waals surface area (Å²) in [5.74, 6) is 0.216. The zero-order chi connectivity index (χ0) is 11.6. The van der Waals surface area contributed by atoms with Crippen molar-refractivity contribution in [3.8, 4) is 0 Å². The molecule has 0 aromatic heterocycles. The Morgan fingerprint density at radius 3 is 2.73 bits per heavy atom. The van der Waals surface area contributed by atoms with Gasteiger partial charge >= 0.3 is 0 Å². The maximum absolute atomic E-state index is 11.7. The highest BCUT2D eigenvalue weighted by Gasteiger charge is 2.39. The predicted octanol–water partition coefficient (Wildman–Crippen LogP) is 0.564. The van der Waals surface area contributed by atoms with E-state index in [-0.39, 0.29) is 17.7 Å². The maximum atomic E-state index is 11.7. The zero-order valence-corrected chi connectivity index (χ0v) is 9.96. The minimum atomic E-state index is -0.507. The number of nitrogens with one attached hydrogen (secondary N) is 1. The SMILES string of the molecule is CC(=O)CC(C)N1CCNC(=O)C1(C)C. The molecule has 1 atom stereocenters. The van der Waals surface area contributed by atoms with Crippen molar-refractivity contribution in [3.05, 3.63) is 0 Å². The molecule has 1 rings (SSSR count). The van der Waals surface area contributed by atoms with E-state index in [2.05, 4.69) is 10.2 Å². The normalized spacial score (nSPS) is 23.3. The van der Waals surface area contributed by atoms with Crippen LogP contribution in [0.15, 0.2) is 0 Å². The molecule has 0 spiro atoms. The summed E-state index contributed by atoms with van der Waals surface area (Å²) in [6.45, 7) is 8.88. The van der Waals surface area contributed by atoms with E-state index in [1.807, 2.05) is 20.8 Å². The number of hydrogen-bond donors (Lipinski definition) is 1. The first-order valence-electron chi connectivity index (χ1n) is 5.40. The highest BCUT2D eigenvalue weighted by atomic mass is 16.2. The standard InChI is InChI=1S/C11H20N2O2/c1-8(7-9(2)14)13-6-5-12-10(15)11(13,3)4/h8H,5-7H2,1-4H3,(H,12,15). The Bertz CT molecular complexity index is 274. The maximum Gasteiger partial charge on any atom is 0.240 e. The number of nitrogens with zero attached hydrogens (tertiary/aromatic N) is 1. The molecule has 0 radical (unpaired) electrons. The summed E-state index contributed by atoms with van der Waals surface area (Å²) >= 11 is 0. The molecule has 1 aliphatic heterocycles. The van der Waals surface area contributed by atoms with Gasteiger partial charge < -0.3 is 5.32 Å². The van der Waals surface area contributed by atoms with E-state index in [1.54, 1.807) is 6.92 Å². The van der Waals surface area contributed by atoms with Crippen LogP contribution in [0.1, 0.15) is 34.1 Å². The average Bonchev–Trinajstić information content (AvgIpc) is 2.08. The van der Waals surface area contributed by atoms with Gasteiger partial charge in [-0.2, -0.15) is 0 Å². The molecule has 1 unspecified atom stereocenters. The van der Waals surface area contributed by atoms with Gasteiger partial charge in [0.15, 0.2) is 0 Å². The molecule has 0 saturated carbocycles. The van der Waals surface area contributed by atoms with E-state index in [0.717, 1.165) is 6.54 Å². The van der Waals surface area contributed by atoms with Gasteiger partial charge in [-0.3, -0.25) is 14.5 Å². The second-order valence-corrected chi connectivity index (χ2v) is 4.76. The molecule has 86 valence electrons. The third-order valence-corrected chi connectivity index (χ3v) is 3.03. The van der Waals surface area contributed by atoms with Gasteiger partial charge in [0.1, 0.15) is 5.78 Å². The molecule has 1 aliphatic rings. The third kappa shape index (κ3) is 2.56. The van der Waals surface area contributed by atoms with Crippen LogP contribution >= 0.6 is 0 Å². The fourth-order valence-corrected chi connectivity index (χ4v) is 2.21. The molecule has 0 aromatic carbocycles. The molecular formula is C11H20N2O2. The van der Waals surface area contributed by atoms with Gasteiger partial charge in [-0.25, -0.2) is 0 Å². The van der Waals surface area contributed by atoms with E-state index < -0.39 is 5.54 Å². The number of hydrogen-bond acceptors (Lipinski definition) is 3. The number of piperazine rings is 1. The molecule has 1 fully saturated rings. The Kier molecular flexibility index (Phi) is 3.50. The number of rotatable bonds is 3. The summed E-state index contributed by atoms with van der Waals surface area (Å²) in [5.41, 5.74) is -0.507. The lowest BCUT2D eigenvalue weighted by atomic mass is 9.95. The third-order valence-electron chi connectivity index (χ3n) is 3.03. The van der Waals surface area contributed by atoms with E-state index >= 15 is 0 Å². The van der Waals surface area contributed by atoms with Gasteiger partial charge in [-0.1, -0.05) is 0 Å². The highest BCUT2D eigenvalue weighted by Crippen LogP contribution is 2.21. The average molecular weight is 212 g/mol. The summed E-state index contributed by atoms with van der Waals surface area (Å²) in [5, 5.41) is 2.84. The lowest BCUT2D eigenvalue weighted by molar-refractivity contribution is -0.138. The molecule has 0 aromatic rings. The van der Waals surface area contributed by atoms with E-state index in [0.29, 0.717) is 13.0 Å². The van der Waals surface area contributed by atoms with Crippen LogP contribution in [-0.4, -0.2) is 41.3 Å². The first-order valence-corrected chi connectivity index (χ1v) is 5.40. The summed E-state index contributed by atoms with van der Waals surface area (Å²) in [6.07, 6.45) is 0.511. The summed E-state index contributed by atoms with van der Waals surface area (Å²) < 4.78 is 0. The first kappa shape index (κ1) is 12.2. The van der Waals surface area contributed by atoms with Gasteiger partial charge in [0.25, 0.3) is 0 Å². The number of Topliss-reactive ketones (excluding diaryl/α,β-unsaturated/α-hetero) is 1. The van der Waals surface area contributed by atoms with Crippen LogP contribution in [0.2, 0.25) is 0 Å². The van der Waals surface area contributed by atoms with Crippen LogP contribution < -0.4 is 5.32 Å². The summed E-state index contributed by atoms with van der Waals surface area (Å²) in [7, 11) is 0. The largest absolute Gasteiger partial charge is 0.353 e. The molecule has 1 saturated heterocycles. The Hall–Kier alpha value is -0.900. The molecule has 1 heterocycles. The van der Waals surface area contributed by atoms with Crippen LogP contribution in [0, 0.1) is 0 Å². The van der Waals surface area contributed by atoms with Crippen molar-refractivity contribution in [1.29, 1.82) is 0 Å². The van der Waals surface area contributed by atoms with Gasteiger partial charge in [0.05, 0.1) is 5.54 Å². The van der Waals surface area contributed by atoms with Gasteiger partial charge in [0, 0.05) is 25.6 Å². The fraction of sp³-hybridized carbons (Fsp3) is 0.818. The Balaban J connectivity index is 2.74. The fourth-order valence-electron chi connectivity index (χ4n) is 2.21. The zero-order valence-electron chi connectivity index (χ0n) is 9.96. The van der Waals surface area contributed by atoms with Crippen LogP contribution in [-0.2, 0) is 9.59 Å². The minimum absolute atomic E-state index is 0.0455. The van der Waals surface area contributed by atoms with Gasteiger partial charge in [-0.15, -0.1) is 0 Å². The van der Waals surface area contributed by atoms with Crippen molar-refractivity contribution in [2.75, 3.05) is 13.1 Å². The Labute approximate surface area is 91.0 Å². The number of amides is 1. The van der Waals surface area contributed by atoms with E-state index in [1.165, 1.54) is 0 Å². The second kappa shape index (κ2) is 4.31. The molecule has 1 amide bonds. The number of carbonyl (C=O) groups excluding carboxylic acids is 2. The van der Waals surface area contributed by atoms with Crippen LogP contribution in [0.3, 0.4) is 0 Å². The molecular weight excluding hydrogens is 192 g/mol. The van der Waals surface area contributed by atoms with Crippen molar-refractivity contribution >= 4 is 11.7 Å². The lowest BCUT2D eigenvalue weighted by Crippen LogP contribution is -2.64. The Morgan fingerprint density at radius 2 is 2.20 bits per heavy atom. The van der Waals surface area contributed by atoms with Gasteiger partial charge in [-0.05, 0) is 27.7 Å². The van der Waals surface area contributed by atoms with Crippen LogP contribution in [0.5, 0.6) is 0 Å². The molecule has 0 aliphatic carbocycles. The number of ketones is 1. The smallest absolute Gasteiger partial charge is 0.240 e. The molecule has 4 nitrogen and oxygen atoms in total. The molecule has 4 heteroatoms. The lowest BCUT2D eigenvalue weighted by Gasteiger charge is -2.44. The topological polar surface area (TPSA) is 49.4 Å². The van der Waals surface area contributed by atoms with Crippen molar-refractivity contribution < 1.29 is 9.59 Å². The quantitative estimate of drug-likeness (QED) is 0.744. The summed E-state index contributed by atoms with van der Waals surface area (Å²) in [6, 6.07) is 0.128. The summed E-state index contributed by atoms with van der Waals surface area (Å²) in [4.78, 5) is 24.8. The molecule has 15 heavy (non-hydrogen) atoms. The van der Waals surface area contributed by atoms with Crippen molar-refractivity contribution in [2.24, 2.45) is 0 Å². The van der Waals surface area contributed by atoms with Crippen molar-refractivity contribution in [2.45, 2.75) is 45.7 Å². The van der Waals surface area contributed by atoms with Crippen molar-refractivity contribution in [3.63, 3.8) is 0 Å². The van der Waals surface area contributed by atoms with Gasteiger partial charge in [0.2, 0.25) is 5.91 Å². The predicted molar refractivity (Wildman–Crippen MR) is 58.6 cm³/mol. The molecule has 1 N–H and O–H groups in total.